The number of halogens is 1. The zero-order chi connectivity index (χ0) is 10.7. The number of nitrogens with zero attached hydrogens (tertiary/aromatic N) is 1. The Morgan fingerprint density at radius 2 is 2.07 bits per heavy atom. The lowest BCUT2D eigenvalue weighted by Gasteiger charge is -2.16. The first-order valence-electron chi connectivity index (χ1n) is 4.42. The van der Waals surface area contributed by atoms with E-state index in [0.717, 1.165) is 0 Å². The highest BCUT2D eigenvalue weighted by atomic mass is 35.5. The number of alkyl halides is 1. The first-order valence-corrected chi connectivity index (χ1v) is 4.96. The minimum atomic E-state index is -0.972. The quantitative estimate of drug-likeness (QED) is 0.750. The van der Waals surface area contributed by atoms with Gasteiger partial charge in [0.2, 0.25) is 0 Å². The van der Waals surface area contributed by atoms with Gasteiger partial charge in [-0.1, -0.05) is 5.16 Å². The summed E-state index contributed by atoms with van der Waals surface area (Å²) in [6, 6.07) is 0. The van der Waals surface area contributed by atoms with Crippen LogP contribution in [0.5, 0.6) is 0 Å². The molecule has 1 rings (SSSR count). The zero-order valence-corrected chi connectivity index (χ0v) is 8.95. The van der Waals surface area contributed by atoms with Crippen LogP contribution in [0.1, 0.15) is 29.5 Å². The van der Waals surface area contributed by atoms with Crippen molar-refractivity contribution in [1.29, 1.82) is 0 Å². The van der Waals surface area contributed by atoms with Crippen LogP contribution in [0.2, 0.25) is 0 Å². The molecular weight excluding hydrogens is 206 g/mol. The van der Waals surface area contributed by atoms with Gasteiger partial charge < -0.3 is 14.7 Å². The summed E-state index contributed by atoms with van der Waals surface area (Å²) in [5, 5.41) is 23.0. The molecule has 0 saturated carbocycles. The van der Waals surface area contributed by atoms with Gasteiger partial charge in [-0.05, 0) is 20.3 Å². The Kier molecular flexibility index (Phi) is 3.92. The fourth-order valence-corrected chi connectivity index (χ4v) is 1.60. The molecule has 0 aliphatic carbocycles. The predicted molar refractivity (Wildman–Crippen MR) is 52.3 cm³/mol. The second kappa shape index (κ2) is 4.77. The summed E-state index contributed by atoms with van der Waals surface area (Å²) in [6.45, 7) is 3.43. The molecule has 0 amide bonds. The SMILES string of the molecule is Cc1noc(C)c1C(O)C(O)CCCl. The van der Waals surface area contributed by atoms with E-state index >= 15 is 0 Å². The summed E-state index contributed by atoms with van der Waals surface area (Å²) in [5.74, 6) is 0.838. The fraction of sp³-hybridized carbons (Fsp3) is 0.667. The minimum absolute atomic E-state index is 0.307. The molecule has 2 unspecified atom stereocenters. The van der Waals surface area contributed by atoms with Gasteiger partial charge in [0.15, 0.2) is 0 Å². The smallest absolute Gasteiger partial charge is 0.139 e. The maximum atomic E-state index is 9.76. The second-order valence-electron chi connectivity index (χ2n) is 3.23. The zero-order valence-electron chi connectivity index (χ0n) is 8.20. The van der Waals surface area contributed by atoms with Crippen LogP contribution in [0, 0.1) is 13.8 Å². The van der Waals surface area contributed by atoms with Crippen molar-refractivity contribution >= 4 is 11.6 Å². The molecule has 0 fully saturated rings. The van der Waals surface area contributed by atoms with Gasteiger partial charge in [0, 0.05) is 11.4 Å². The molecule has 4 nitrogen and oxygen atoms in total. The van der Waals surface area contributed by atoms with Gasteiger partial charge in [-0.2, -0.15) is 0 Å². The van der Waals surface area contributed by atoms with Gasteiger partial charge >= 0.3 is 0 Å². The lowest BCUT2D eigenvalue weighted by atomic mass is 10.0. The van der Waals surface area contributed by atoms with E-state index in [4.69, 9.17) is 16.1 Å². The van der Waals surface area contributed by atoms with Crippen molar-refractivity contribution in [3.05, 3.63) is 17.0 Å². The largest absolute Gasteiger partial charge is 0.390 e. The summed E-state index contributed by atoms with van der Waals surface area (Å²) in [4.78, 5) is 0. The Morgan fingerprint density at radius 3 is 2.50 bits per heavy atom. The molecule has 0 spiro atoms. The topological polar surface area (TPSA) is 66.5 Å². The van der Waals surface area contributed by atoms with Crippen LogP contribution in [0.25, 0.3) is 0 Å². The molecule has 5 heteroatoms. The fourth-order valence-electron chi connectivity index (χ4n) is 1.37. The van der Waals surface area contributed by atoms with E-state index in [0.29, 0.717) is 29.3 Å². The van der Waals surface area contributed by atoms with Gasteiger partial charge in [-0.15, -0.1) is 11.6 Å². The van der Waals surface area contributed by atoms with E-state index in [1.807, 2.05) is 0 Å². The van der Waals surface area contributed by atoms with Crippen LogP contribution in [0.15, 0.2) is 4.52 Å². The summed E-state index contributed by atoms with van der Waals surface area (Å²) in [7, 11) is 0. The van der Waals surface area contributed by atoms with Crippen LogP contribution < -0.4 is 0 Å². The van der Waals surface area contributed by atoms with Crippen molar-refractivity contribution in [3.8, 4) is 0 Å². The maximum absolute atomic E-state index is 9.76. The number of hydrogen-bond acceptors (Lipinski definition) is 4. The van der Waals surface area contributed by atoms with Gasteiger partial charge in [0.1, 0.15) is 11.9 Å². The molecule has 2 atom stereocenters. The van der Waals surface area contributed by atoms with E-state index in [2.05, 4.69) is 5.16 Å². The lowest BCUT2D eigenvalue weighted by Crippen LogP contribution is -2.19. The van der Waals surface area contributed by atoms with Crippen LogP contribution >= 0.6 is 11.6 Å². The van der Waals surface area contributed by atoms with Crippen LogP contribution in [-0.2, 0) is 0 Å². The summed E-state index contributed by atoms with van der Waals surface area (Å²) in [5.41, 5.74) is 1.16. The molecular formula is C9H14ClNO3. The molecule has 1 heterocycles. The molecule has 0 radical (unpaired) electrons. The van der Waals surface area contributed by atoms with Gasteiger partial charge in [0.05, 0.1) is 11.8 Å². The van der Waals surface area contributed by atoms with E-state index < -0.39 is 12.2 Å². The number of aliphatic hydroxyl groups excluding tert-OH is 2. The number of aryl methyl sites for hydroxylation is 2. The molecule has 1 aromatic rings. The Labute approximate surface area is 87.5 Å². The molecule has 0 aliphatic heterocycles. The van der Waals surface area contributed by atoms with Crippen LogP contribution in [0.3, 0.4) is 0 Å². The lowest BCUT2D eigenvalue weighted by molar-refractivity contribution is 0.0158. The molecule has 2 N–H and O–H groups in total. The summed E-state index contributed by atoms with van der Waals surface area (Å²) < 4.78 is 4.89. The summed E-state index contributed by atoms with van der Waals surface area (Å²) >= 11 is 5.47. The molecule has 0 bridgehead atoms. The third kappa shape index (κ3) is 2.26. The third-order valence-corrected chi connectivity index (χ3v) is 2.37. The molecule has 14 heavy (non-hydrogen) atoms. The Bertz CT molecular complexity index is 281. The number of aromatic nitrogens is 1. The van der Waals surface area contributed by atoms with Gasteiger partial charge in [0.25, 0.3) is 0 Å². The van der Waals surface area contributed by atoms with Gasteiger partial charge in [-0.3, -0.25) is 0 Å². The average Bonchev–Trinajstić information content (AvgIpc) is 2.46. The normalized spacial score (nSPS) is 15.5. The highest BCUT2D eigenvalue weighted by Gasteiger charge is 2.24. The molecule has 0 saturated heterocycles. The molecule has 0 aliphatic rings. The van der Waals surface area contributed by atoms with Crippen molar-refractivity contribution in [2.24, 2.45) is 0 Å². The van der Waals surface area contributed by atoms with Crippen molar-refractivity contribution in [2.45, 2.75) is 32.5 Å². The standard InChI is InChI=1S/C9H14ClNO3/c1-5-8(6(2)14-11-5)9(13)7(12)3-4-10/h7,9,12-13H,3-4H2,1-2H3. The van der Waals surface area contributed by atoms with Crippen LogP contribution in [-0.4, -0.2) is 27.4 Å². The number of rotatable bonds is 4. The molecule has 0 aromatic carbocycles. The maximum Gasteiger partial charge on any atom is 0.139 e. The Balaban J connectivity index is 2.82. The third-order valence-electron chi connectivity index (χ3n) is 2.15. The number of aliphatic hydroxyl groups is 2. The van der Waals surface area contributed by atoms with Gasteiger partial charge in [-0.25, -0.2) is 0 Å². The van der Waals surface area contributed by atoms with Crippen LogP contribution in [0.4, 0.5) is 0 Å². The van der Waals surface area contributed by atoms with E-state index in [9.17, 15) is 10.2 Å². The van der Waals surface area contributed by atoms with Crippen molar-refractivity contribution in [2.75, 3.05) is 5.88 Å². The molecule has 1 aromatic heterocycles. The monoisotopic (exact) mass is 219 g/mol. The average molecular weight is 220 g/mol. The predicted octanol–water partition coefficient (Wildman–Crippen LogP) is 1.31. The van der Waals surface area contributed by atoms with Crippen molar-refractivity contribution in [1.82, 2.24) is 5.16 Å². The first kappa shape index (κ1) is 11.5. The second-order valence-corrected chi connectivity index (χ2v) is 3.61. The Hall–Kier alpha value is -0.580. The highest BCUT2D eigenvalue weighted by molar-refractivity contribution is 6.17. The Morgan fingerprint density at radius 1 is 1.43 bits per heavy atom. The van der Waals surface area contributed by atoms with E-state index in [1.165, 1.54) is 0 Å². The highest BCUT2D eigenvalue weighted by Crippen LogP contribution is 2.25. The minimum Gasteiger partial charge on any atom is -0.390 e. The summed E-state index contributed by atoms with van der Waals surface area (Å²) in [6.07, 6.45) is -1.50. The first-order chi connectivity index (χ1) is 6.57. The van der Waals surface area contributed by atoms with E-state index in [-0.39, 0.29) is 0 Å². The van der Waals surface area contributed by atoms with Crippen molar-refractivity contribution < 1.29 is 14.7 Å². The van der Waals surface area contributed by atoms with E-state index in [1.54, 1.807) is 13.8 Å². The van der Waals surface area contributed by atoms with Crippen molar-refractivity contribution in [3.63, 3.8) is 0 Å². The molecule has 80 valence electrons. The number of hydrogen-bond donors (Lipinski definition) is 2.